The highest BCUT2D eigenvalue weighted by molar-refractivity contribution is 6.00. The number of hydrogen-bond acceptors (Lipinski definition) is 4. The summed E-state index contributed by atoms with van der Waals surface area (Å²) in [6.07, 6.45) is -0.860. The van der Waals surface area contributed by atoms with Crippen LogP contribution in [0.25, 0.3) is 0 Å². The van der Waals surface area contributed by atoms with Gasteiger partial charge in [-0.25, -0.2) is 0 Å². The van der Waals surface area contributed by atoms with Crippen molar-refractivity contribution in [2.24, 2.45) is 0 Å². The van der Waals surface area contributed by atoms with Gasteiger partial charge in [0.05, 0.1) is 7.11 Å². The molecule has 0 aromatic heterocycles. The molecule has 1 aromatic carbocycles. The van der Waals surface area contributed by atoms with Crippen molar-refractivity contribution >= 4 is 5.78 Å². The first kappa shape index (κ1) is 13.7. The lowest BCUT2D eigenvalue weighted by atomic mass is 10.0. The van der Waals surface area contributed by atoms with Crippen LogP contribution >= 0.6 is 0 Å². The van der Waals surface area contributed by atoms with Crippen LogP contribution in [0.15, 0.2) is 12.1 Å². The molecule has 0 unspecified atom stereocenters. The molecule has 0 saturated carbocycles. The molecule has 0 N–H and O–H groups in total. The predicted octanol–water partition coefficient (Wildman–Crippen LogP) is 2.11. The molecule has 1 rings (SSSR count). The zero-order valence-electron chi connectivity index (χ0n) is 10.9. The van der Waals surface area contributed by atoms with Gasteiger partial charge in [-0.1, -0.05) is 0 Å². The van der Waals surface area contributed by atoms with Gasteiger partial charge >= 0.3 is 0 Å². The van der Waals surface area contributed by atoms with Gasteiger partial charge in [0.15, 0.2) is 0 Å². The second-order valence-electron chi connectivity index (χ2n) is 3.80. The topological polar surface area (TPSA) is 44.8 Å². The van der Waals surface area contributed by atoms with Gasteiger partial charge in [-0.2, -0.15) is 0 Å². The first-order chi connectivity index (χ1) is 8.04. The van der Waals surface area contributed by atoms with E-state index in [9.17, 15) is 4.79 Å². The van der Waals surface area contributed by atoms with Crippen molar-refractivity contribution in [1.82, 2.24) is 0 Å². The number of rotatable bonds is 5. The first-order valence-electron chi connectivity index (χ1n) is 5.30. The largest absolute Gasteiger partial charge is 0.496 e. The van der Waals surface area contributed by atoms with Crippen molar-refractivity contribution in [3.8, 4) is 5.75 Å². The van der Waals surface area contributed by atoms with Gasteiger partial charge < -0.3 is 14.2 Å². The van der Waals surface area contributed by atoms with Crippen molar-refractivity contribution in [2.75, 3.05) is 21.3 Å². The minimum Gasteiger partial charge on any atom is -0.496 e. The Labute approximate surface area is 101 Å². The molecular weight excluding hydrogens is 220 g/mol. The van der Waals surface area contributed by atoms with E-state index < -0.39 is 6.29 Å². The molecule has 17 heavy (non-hydrogen) atoms. The number of carbonyl (C=O) groups is 1. The highest BCUT2D eigenvalue weighted by Gasteiger charge is 2.21. The normalized spacial score (nSPS) is 10.7. The summed E-state index contributed by atoms with van der Waals surface area (Å²) in [7, 11) is 4.49. The third-order valence-corrected chi connectivity index (χ3v) is 2.65. The van der Waals surface area contributed by atoms with E-state index in [1.54, 1.807) is 13.2 Å². The molecule has 0 amide bonds. The van der Waals surface area contributed by atoms with E-state index in [0.29, 0.717) is 5.56 Å². The van der Waals surface area contributed by atoms with Gasteiger partial charge in [-0.05, 0) is 37.1 Å². The summed E-state index contributed by atoms with van der Waals surface area (Å²) in [6.45, 7) is 3.75. The minimum atomic E-state index is -0.860. The number of hydrogen-bond donors (Lipinski definition) is 0. The molecule has 0 spiro atoms. The molecule has 0 fully saturated rings. The maximum Gasteiger partial charge on any atom is 0.222 e. The molecule has 0 aliphatic rings. The smallest absolute Gasteiger partial charge is 0.222 e. The summed E-state index contributed by atoms with van der Waals surface area (Å²) in [5.74, 6) is 0.587. The fourth-order valence-corrected chi connectivity index (χ4v) is 1.71. The number of Topliss-reactive ketones (excluding diaryl/α,β-unsaturated/α-hetero) is 1. The Morgan fingerprint density at radius 3 is 2.12 bits per heavy atom. The third-order valence-electron chi connectivity index (χ3n) is 2.65. The molecule has 0 aliphatic carbocycles. The zero-order chi connectivity index (χ0) is 13.0. The number of carbonyl (C=O) groups excluding carboxylic acids is 1. The van der Waals surface area contributed by atoms with E-state index in [-0.39, 0.29) is 5.78 Å². The number of ketones is 1. The van der Waals surface area contributed by atoms with Crippen LogP contribution < -0.4 is 4.74 Å². The summed E-state index contributed by atoms with van der Waals surface area (Å²) in [6, 6.07) is 3.63. The third kappa shape index (κ3) is 2.84. The van der Waals surface area contributed by atoms with Crippen LogP contribution in [0.2, 0.25) is 0 Å². The lowest BCUT2D eigenvalue weighted by Crippen LogP contribution is -2.25. The number of ether oxygens (including phenoxy) is 3. The van der Waals surface area contributed by atoms with Gasteiger partial charge in [0.2, 0.25) is 12.1 Å². The maximum atomic E-state index is 12.1. The van der Waals surface area contributed by atoms with E-state index in [2.05, 4.69) is 0 Å². The van der Waals surface area contributed by atoms with Gasteiger partial charge in [0.25, 0.3) is 0 Å². The summed E-state index contributed by atoms with van der Waals surface area (Å²) < 4.78 is 15.1. The molecule has 1 aromatic rings. The zero-order valence-corrected chi connectivity index (χ0v) is 10.9. The lowest BCUT2D eigenvalue weighted by molar-refractivity contribution is -0.0742. The molecule has 4 nitrogen and oxygen atoms in total. The Morgan fingerprint density at radius 2 is 1.65 bits per heavy atom. The summed E-state index contributed by atoms with van der Waals surface area (Å²) >= 11 is 0. The maximum absolute atomic E-state index is 12.1. The molecule has 0 atom stereocenters. The van der Waals surface area contributed by atoms with Crippen LogP contribution in [-0.2, 0) is 9.47 Å². The average molecular weight is 238 g/mol. The van der Waals surface area contributed by atoms with Crippen molar-refractivity contribution in [2.45, 2.75) is 20.1 Å². The van der Waals surface area contributed by atoms with Crippen molar-refractivity contribution in [3.63, 3.8) is 0 Å². The summed E-state index contributed by atoms with van der Waals surface area (Å²) in [5.41, 5.74) is 2.35. The Bertz CT molecular complexity index is 408. The monoisotopic (exact) mass is 238 g/mol. The van der Waals surface area contributed by atoms with E-state index in [1.165, 1.54) is 14.2 Å². The minimum absolute atomic E-state index is 0.182. The highest BCUT2D eigenvalue weighted by Crippen LogP contribution is 2.23. The van der Waals surface area contributed by atoms with Gasteiger partial charge in [0, 0.05) is 19.8 Å². The van der Waals surface area contributed by atoms with Gasteiger partial charge in [-0.3, -0.25) is 4.79 Å². The van der Waals surface area contributed by atoms with Crippen LogP contribution in [-0.4, -0.2) is 33.4 Å². The quantitative estimate of drug-likeness (QED) is 0.582. The van der Waals surface area contributed by atoms with Crippen LogP contribution in [0.3, 0.4) is 0 Å². The van der Waals surface area contributed by atoms with E-state index >= 15 is 0 Å². The Hall–Kier alpha value is -1.39. The van der Waals surface area contributed by atoms with E-state index in [4.69, 9.17) is 14.2 Å². The van der Waals surface area contributed by atoms with Crippen LogP contribution in [0, 0.1) is 13.8 Å². The van der Waals surface area contributed by atoms with Crippen molar-refractivity contribution in [3.05, 3.63) is 28.8 Å². The van der Waals surface area contributed by atoms with Crippen LogP contribution in [0.1, 0.15) is 21.5 Å². The summed E-state index contributed by atoms with van der Waals surface area (Å²) in [5, 5.41) is 0. The average Bonchev–Trinajstić information content (AvgIpc) is 2.32. The fraction of sp³-hybridized carbons (Fsp3) is 0.462. The molecule has 4 heteroatoms. The Morgan fingerprint density at radius 1 is 1.06 bits per heavy atom. The molecular formula is C13H18O4. The number of methoxy groups -OCH3 is 3. The van der Waals surface area contributed by atoms with E-state index in [1.807, 2.05) is 19.9 Å². The van der Waals surface area contributed by atoms with Crippen molar-refractivity contribution in [1.29, 1.82) is 0 Å². The summed E-state index contributed by atoms with van der Waals surface area (Å²) in [4.78, 5) is 12.1. The lowest BCUT2D eigenvalue weighted by Gasteiger charge is -2.15. The SMILES string of the molecule is COc1cc(C)c(C(=O)C(OC)OC)cc1C. The number of benzene rings is 1. The Balaban J connectivity index is 3.14. The molecule has 0 bridgehead atoms. The Kier molecular flexibility index (Phi) is 4.66. The molecule has 0 aliphatic heterocycles. The van der Waals surface area contributed by atoms with E-state index in [0.717, 1.165) is 16.9 Å². The predicted molar refractivity (Wildman–Crippen MR) is 64.6 cm³/mol. The molecule has 0 saturated heterocycles. The molecule has 0 radical (unpaired) electrons. The fourth-order valence-electron chi connectivity index (χ4n) is 1.71. The standard InChI is InChI=1S/C13H18O4/c1-8-7-11(15-3)9(2)6-10(8)12(14)13(16-4)17-5/h6-7,13H,1-5H3. The number of aryl methyl sites for hydroxylation is 2. The van der Waals surface area contributed by atoms with Crippen molar-refractivity contribution < 1.29 is 19.0 Å². The second-order valence-corrected chi connectivity index (χ2v) is 3.80. The molecule has 0 heterocycles. The first-order valence-corrected chi connectivity index (χ1v) is 5.30. The van der Waals surface area contributed by atoms with Crippen LogP contribution in [0.5, 0.6) is 5.75 Å². The van der Waals surface area contributed by atoms with Gasteiger partial charge in [0.1, 0.15) is 5.75 Å². The second kappa shape index (κ2) is 5.80. The van der Waals surface area contributed by atoms with Gasteiger partial charge in [-0.15, -0.1) is 0 Å². The van der Waals surface area contributed by atoms with Crippen LogP contribution in [0.4, 0.5) is 0 Å². The highest BCUT2D eigenvalue weighted by atomic mass is 16.7. The molecule has 94 valence electrons.